The number of fused-ring (bicyclic) bond motifs is 1. The third-order valence-corrected chi connectivity index (χ3v) is 2.58. The van der Waals surface area contributed by atoms with Gasteiger partial charge in [0, 0.05) is 0 Å². The van der Waals surface area contributed by atoms with Crippen molar-refractivity contribution < 1.29 is 20.4 Å². The maximum Gasteiger partial charge on any atom is 0.169 e. The SMILES string of the molecule is NC1=NC=NC2=NC(C(O)C(O)C(O)CO)=NC12. The Labute approximate surface area is 102 Å². The molecule has 4 unspecified atom stereocenters. The van der Waals surface area contributed by atoms with Gasteiger partial charge in [-0.1, -0.05) is 0 Å². The van der Waals surface area contributed by atoms with Gasteiger partial charge in [-0.05, 0) is 0 Å². The number of aliphatic hydroxyl groups is 4. The highest BCUT2D eigenvalue weighted by molar-refractivity contribution is 6.22. The number of rotatable bonds is 4. The Bertz CT molecular complexity index is 458. The van der Waals surface area contributed by atoms with Crippen LogP contribution in [0.3, 0.4) is 0 Å². The zero-order valence-corrected chi connectivity index (χ0v) is 9.25. The molecule has 6 N–H and O–H groups in total. The molecule has 2 aliphatic rings. The summed E-state index contributed by atoms with van der Waals surface area (Å²) in [6, 6.07) is -0.668. The minimum atomic E-state index is -1.60. The van der Waals surface area contributed by atoms with Gasteiger partial charge in [-0.15, -0.1) is 0 Å². The zero-order chi connectivity index (χ0) is 13.3. The first-order valence-electron chi connectivity index (χ1n) is 5.21. The summed E-state index contributed by atoms with van der Waals surface area (Å²) in [6.45, 7) is -0.687. The van der Waals surface area contributed by atoms with Crippen LogP contribution < -0.4 is 5.73 Å². The van der Waals surface area contributed by atoms with E-state index >= 15 is 0 Å². The minimum absolute atomic E-state index is 0.104. The fourth-order valence-electron chi connectivity index (χ4n) is 1.53. The second kappa shape index (κ2) is 4.90. The molecule has 4 atom stereocenters. The molecular weight excluding hydrogens is 242 g/mol. The van der Waals surface area contributed by atoms with Crippen LogP contribution in [0.2, 0.25) is 0 Å². The van der Waals surface area contributed by atoms with E-state index in [9.17, 15) is 15.3 Å². The first kappa shape index (κ1) is 12.8. The summed E-state index contributed by atoms with van der Waals surface area (Å²) in [7, 11) is 0. The van der Waals surface area contributed by atoms with Crippen molar-refractivity contribution in [2.45, 2.75) is 24.4 Å². The van der Waals surface area contributed by atoms with Crippen LogP contribution in [0.25, 0.3) is 0 Å². The smallest absolute Gasteiger partial charge is 0.169 e. The lowest BCUT2D eigenvalue weighted by molar-refractivity contribution is -0.0556. The molecule has 0 fully saturated rings. The van der Waals surface area contributed by atoms with Crippen molar-refractivity contribution in [3.05, 3.63) is 0 Å². The predicted molar refractivity (Wildman–Crippen MR) is 63.9 cm³/mol. The second-order valence-corrected chi connectivity index (χ2v) is 3.84. The molecule has 0 spiro atoms. The van der Waals surface area contributed by atoms with E-state index < -0.39 is 31.0 Å². The van der Waals surface area contributed by atoms with Crippen molar-refractivity contribution >= 4 is 23.8 Å². The summed E-state index contributed by atoms with van der Waals surface area (Å²) < 4.78 is 0. The van der Waals surface area contributed by atoms with E-state index in [1.54, 1.807) is 0 Å². The lowest BCUT2D eigenvalue weighted by atomic mass is 10.1. The Morgan fingerprint density at radius 3 is 2.67 bits per heavy atom. The van der Waals surface area contributed by atoms with Gasteiger partial charge in [0.15, 0.2) is 17.7 Å². The summed E-state index contributed by atoms with van der Waals surface area (Å²) in [5, 5.41) is 37.2. The van der Waals surface area contributed by atoms with Gasteiger partial charge in [0.05, 0.1) is 6.61 Å². The van der Waals surface area contributed by atoms with Gasteiger partial charge < -0.3 is 26.2 Å². The summed E-state index contributed by atoms with van der Waals surface area (Å²) >= 11 is 0. The number of hydrogen-bond acceptors (Lipinski definition) is 9. The maximum atomic E-state index is 9.76. The fourth-order valence-corrected chi connectivity index (χ4v) is 1.53. The normalized spacial score (nSPS) is 26.9. The molecule has 0 aliphatic carbocycles. The minimum Gasteiger partial charge on any atom is -0.394 e. The van der Waals surface area contributed by atoms with Gasteiger partial charge in [-0.3, -0.25) is 0 Å². The van der Waals surface area contributed by atoms with Gasteiger partial charge in [0.25, 0.3) is 0 Å². The van der Waals surface area contributed by atoms with Crippen LogP contribution >= 0.6 is 0 Å². The fraction of sp³-hybridized carbons (Fsp3) is 0.556. The zero-order valence-electron chi connectivity index (χ0n) is 9.25. The molecule has 0 aromatic carbocycles. The summed E-state index contributed by atoms with van der Waals surface area (Å²) in [5.41, 5.74) is 5.58. The van der Waals surface area contributed by atoms with Gasteiger partial charge in [0.2, 0.25) is 0 Å². The molecule has 0 radical (unpaired) electrons. The molecule has 0 saturated carbocycles. The number of aliphatic imine (C=N–C) groups is 4. The summed E-state index contributed by atoms with van der Waals surface area (Å²) in [5.74, 6) is 0.345. The van der Waals surface area contributed by atoms with Crippen LogP contribution in [0.15, 0.2) is 20.0 Å². The summed E-state index contributed by atoms with van der Waals surface area (Å²) in [4.78, 5) is 15.5. The third-order valence-electron chi connectivity index (χ3n) is 2.58. The summed E-state index contributed by atoms with van der Waals surface area (Å²) in [6.07, 6.45) is -3.40. The number of hydrogen-bond donors (Lipinski definition) is 5. The highest BCUT2D eigenvalue weighted by Crippen LogP contribution is 2.15. The van der Waals surface area contributed by atoms with E-state index in [0.29, 0.717) is 0 Å². The average molecular weight is 255 g/mol. The van der Waals surface area contributed by atoms with Gasteiger partial charge in [-0.2, -0.15) is 0 Å². The average Bonchev–Trinajstić information content (AvgIpc) is 2.81. The predicted octanol–water partition coefficient (Wildman–Crippen LogP) is -3.36. The number of amidine groups is 3. The molecule has 2 aliphatic heterocycles. The highest BCUT2D eigenvalue weighted by atomic mass is 16.4. The Morgan fingerprint density at radius 2 is 2.06 bits per heavy atom. The first-order chi connectivity index (χ1) is 8.54. The molecule has 9 heteroatoms. The van der Waals surface area contributed by atoms with Crippen LogP contribution in [0, 0.1) is 0 Å². The highest BCUT2D eigenvalue weighted by Gasteiger charge is 2.35. The third kappa shape index (κ3) is 2.16. The maximum absolute atomic E-state index is 9.76. The van der Waals surface area contributed by atoms with Crippen LogP contribution in [-0.2, 0) is 0 Å². The Kier molecular flexibility index (Phi) is 3.48. The topological polar surface area (TPSA) is 156 Å². The lowest BCUT2D eigenvalue weighted by Crippen LogP contribution is -2.43. The van der Waals surface area contributed by atoms with Crippen molar-refractivity contribution in [2.75, 3.05) is 6.61 Å². The van der Waals surface area contributed by atoms with E-state index in [4.69, 9.17) is 10.8 Å². The van der Waals surface area contributed by atoms with Crippen LogP contribution in [0.4, 0.5) is 0 Å². The van der Waals surface area contributed by atoms with Crippen molar-refractivity contribution in [3.8, 4) is 0 Å². The lowest BCUT2D eigenvalue weighted by Gasteiger charge is -2.20. The van der Waals surface area contributed by atoms with Crippen LogP contribution in [-0.4, -0.2) is 75.2 Å². The Balaban J connectivity index is 2.17. The molecule has 0 bridgehead atoms. The van der Waals surface area contributed by atoms with Crippen molar-refractivity contribution in [1.29, 1.82) is 0 Å². The Morgan fingerprint density at radius 1 is 1.33 bits per heavy atom. The monoisotopic (exact) mass is 255 g/mol. The van der Waals surface area contributed by atoms with Crippen molar-refractivity contribution in [1.82, 2.24) is 0 Å². The first-order valence-corrected chi connectivity index (χ1v) is 5.21. The molecular formula is C9H13N5O4. The molecule has 9 nitrogen and oxygen atoms in total. The van der Waals surface area contributed by atoms with Gasteiger partial charge >= 0.3 is 0 Å². The molecule has 2 heterocycles. The molecule has 18 heavy (non-hydrogen) atoms. The van der Waals surface area contributed by atoms with Crippen molar-refractivity contribution in [2.24, 2.45) is 25.7 Å². The number of nitrogens with two attached hydrogens (primary N) is 1. The second-order valence-electron chi connectivity index (χ2n) is 3.84. The van der Waals surface area contributed by atoms with Gasteiger partial charge in [0.1, 0.15) is 30.5 Å². The number of aliphatic hydroxyl groups excluding tert-OH is 4. The molecule has 0 saturated heterocycles. The van der Waals surface area contributed by atoms with E-state index in [-0.39, 0.29) is 17.5 Å². The molecule has 2 rings (SSSR count). The van der Waals surface area contributed by atoms with Crippen molar-refractivity contribution in [3.63, 3.8) is 0 Å². The Hall–Kier alpha value is -1.68. The molecule has 0 aromatic rings. The van der Waals surface area contributed by atoms with E-state index in [1.807, 2.05) is 0 Å². The number of nitrogens with zero attached hydrogens (tertiary/aromatic N) is 4. The standard InChI is InChI=1S/C9H13N5O4/c10-7-4-8(12-2-11-7)14-9(13-4)6(18)5(17)3(16)1-15/h2-6,15-18H,1H2,(H2,10,11,12,13,14). The van der Waals surface area contributed by atoms with Crippen LogP contribution in [0.5, 0.6) is 0 Å². The molecule has 98 valence electrons. The molecule has 0 amide bonds. The van der Waals surface area contributed by atoms with Gasteiger partial charge in [-0.25, -0.2) is 20.0 Å². The van der Waals surface area contributed by atoms with Crippen LogP contribution in [0.1, 0.15) is 0 Å². The molecule has 0 aromatic heterocycles. The quantitative estimate of drug-likeness (QED) is 0.354. The largest absolute Gasteiger partial charge is 0.394 e. The van der Waals surface area contributed by atoms with E-state index in [2.05, 4.69) is 20.0 Å². The van der Waals surface area contributed by atoms with E-state index in [1.165, 1.54) is 6.34 Å². The van der Waals surface area contributed by atoms with E-state index in [0.717, 1.165) is 0 Å².